The van der Waals surface area contributed by atoms with Gasteiger partial charge in [-0.15, -0.1) is 0 Å². The maximum absolute atomic E-state index is 13.8. The maximum atomic E-state index is 13.8. The molecule has 2 heterocycles. The lowest BCUT2D eigenvalue weighted by Crippen LogP contribution is -2.53. The first-order valence-electron chi connectivity index (χ1n) is 9.06. The van der Waals surface area contributed by atoms with E-state index in [1.54, 1.807) is 6.07 Å². The summed E-state index contributed by atoms with van der Waals surface area (Å²) in [5, 5.41) is 2.60. The number of anilines is 1. The Morgan fingerprint density at radius 2 is 1.70 bits per heavy atom. The average molecular weight is 443 g/mol. The molecule has 148 valence electrons. The molecule has 0 unspecified atom stereocenters. The van der Waals surface area contributed by atoms with Gasteiger partial charge in [0.2, 0.25) is 11.8 Å². The summed E-state index contributed by atoms with van der Waals surface area (Å²) >= 11 is 3.19. The van der Waals surface area contributed by atoms with E-state index in [0.29, 0.717) is 50.4 Å². The Labute approximate surface area is 166 Å². The molecule has 2 aliphatic rings. The SMILES string of the molecule is O=C(CN1CCN(C(=O)CN2CCOCC2)CC1)Nc1ccc(Br)cc1F. The van der Waals surface area contributed by atoms with Gasteiger partial charge in [0.05, 0.1) is 32.0 Å². The van der Waals surface area contributed by atoms with Crippen molar-refractivity contribution < 1.29 is 18.7 Å². The molecule has 2 amide bonds. The third-order valence-corrected chi connectivity index (χ3v) is 5.25. The summed E-state index contributed by atoms with van der Waals surface area (Å²) in [5.74, 6) is -0.612. The van der Waals surface area contributed by atoms with E-state index in [9.17, 15) is 14.0 Å². The molecule has 1 aromatic rings. The molecule has 3 rings (SSSR count). The number of carbonyl (C=O) groups is 2. The summed E-state index contributed by atoms with van der Waals surface area (Å²) < 4.78 is 19.7. The van der Waals surface area contributed by atoms with Crippen molar-refractivity contribution in [3.8, 4) is 0 Å². The van der Waals surface area contributed by atoms with Crippen LogP contribution in [0.1, 0.15) is 0 Å². The predicted molar refractivity (Wildman–Crippen MR) is 103 cm³/mol. The summed E-state index contributed by atoms with van der Waals surface area (Å²) in [7, 11) is 0. The third-order valence-electron chi connectivity index (χ3n) is 4.76. The van der Waals surface area contributed by atoms with E-state index in [4.69, 9.17) is 4.74 Å². The fraction of sp³-hybridized carbons (Fsp3) is 0.556. The number of hydrogen-bond donors (Lipinski definition) is 1. The molecule has 0 radical (unpaired) electrons. The molecule has 2 aliphatic heterocycles. The van der Waals surface area contributed by atoms with Crippen molar-refractivity contribution in [1.29, 1.82) is 0 Å². The first-order valence-corrected chi connectivity index (χ1v) is 9.86. The van der Waals surface area contributed by atoms with Crippen LogP contribution in [0.5, 0.6) is 0 Å². The Balaban J connectivity index is 1.40. The number of hydrogen-bond acceptors (Lipinski definition) is 5. The van der Waals surface area contributed by atoms with Crippen molar-refractivity contribution in [2.45, 2.75) is 0 Å². The van der Waals surface area contributed by atoms with Crippen molar-refractivity contribution in [2.24, 2.45) is 0 Å². The summed E-state index contributed by atoms with van der Waals surface area (Å²) in [5.41, 5.74) is 0.169. The van der Waals surface area contributed by atoms with Crippen LogP contribution < -0.4 is 5.32 Å². The van der Waals surface area contributed by atoms with E-state index < -0.39 is 5.82 Å². The Morgan fingerprint density at radius 3 is 2.37 bits per heavy atom. The highest BCUT2D eigenvalue weighted by atomic mass is 79.9. The van der Waals surface area contributed by atoms with E-state index in [0.717, 1.165) is 13.1 Å². The molecule has 1 N–H and O–H groups in total. The molecule has 0 aromatic heterocycles. The van der Waals surface area contributed by atoms with Gasteiger partial charge in [-0.1, -0.05) is 15.9 Å². The van der Waals surface area contributed by atoms with Crippen molar-refractivity contribution in [1.82, 2.24) is 14.7 Å². The number of halogens is 2. The average Bonchev–Trinajstić information content (AvgIpc) is 2.65. The molecule has 0 atom stereocenters. The highest BCUT2D eigenvalue weighted by molar-refractivity contribution is 9.10. The normalized spacial score (nSPS) is 19.1. The van der Waals surface area contributed by atoms with Gasteiger partial charge in [0.25, 0.3) is 0 Å². The highest BCUT2D eigenvalue weighted by Crippen LogP contribution is 2.19. The summed E-state index contributed by atoms with van der Waals surface area (Å²) in [6, 6.07) is 4.52. The van der Waals surface area contributed by atoms with Crippen LogP contribution in [0.25, 0.3) is 0 Å². The van der Waals surface area contributed by atoms with Gasteiger partial charge in [0.1, 0.15) is 5.82 Å². The lowest BCUT2D eigenvalue weighted by atomic mass is 10.2. The predicted octanol–water partition coefficient (Wildman–Crippen LogP) is 1.00. The molecule has 2 fully saturated rings. The molecular weight excluding hydrogens is 419 g/mol. The molecule has 7 nitrogen and oxygen atoms in total. The van der Waals surface area contributed by atoms with Crippen LogP contribution in [0, 0.1) is 5.82 Å². The number of ether oxygens (including phenoxy) is 1. The van der Waals surface area contributed by atoms with Crippen LogP contribution in [-0.2, 0) is 14.3 Å². The minimum Gasteiger partial charge on any atom is -0.379 e. The van der Waals surface area contributed by atoms with Crippen LogP contribution in [0.2, 0.25) is 0 Å². The summed E-state index contributed by atoms with van der Waals surface area (Å²) in [6.07, 6.45) is 0. The van der Waals surface area contributed by atoms with Crippen LogP contribution in [0.15, 0.2) is 22.7 Å². The van der Waals surface area contributed by atoms with E-state index in [1.807, 2.05) is 9.80 Å². The Kier molecular flexibility index (Phi) is 7.17. The topological polar surface area (TPSA) is 65.1 Å². The quantitative estimate of drug-likeness (QED) is 0.736. The van der Waals surface area contributed by atoms with Crippen LogP contribution in [-0.4, -0.2) is 92.1 Å². The Hall–Kier alpha value is -1.55. The smallest absolute Gasteiger partial charge is 0.238 e. The fourth-order valence-electron chi connectivity index (χ4n) is 3.19. The van der Waals surface area contributed by atoms with Gasteiger partial charge in [-0.25, -0.2) is 4.39 Å². The lowest BCUT2D eigenvalue weighted by molar-refractivity contribution is -0.135. The summed E-state index contributed by atoms with van der Waals surface area (Å²) in [6.45, 7) is 6.00. The highest BCUT2D eigenvalue weighted by Gasteiger charge is 2.24. The largest absolute Gasteiger partial charge is 0.379 e. The van der Waals surface area contributed by atoms with Gasteiger partial charge < -0.3 is 15.0 Å². The molecule has 0 spiro atoms. The number of rotatable bonds is 5. The maximum Gasteiger partial charge on any atom is 0.238 e. The van der Waals surface area contributed by atoms with Gasteiger partial charge >= 0.3 is 0 Å². The first-order chi connectivity index (χ1) is 13.0. The zero-order chi connectivity index (χ0) is 19.2. The van der Waals surface area contributed by atoms with E-state index in [2.05, 4.69) is 26.1 Å². The van der Waals surface area contributed by atoms with E-state index in [-0.39, 0.29) is 24.0 Å². The number of carbonyl (C=O) groups excluding carboxylic acids is 2. The number of nitrogens with one attached hydrogen (secondary N) is 1. The van der Waals surface area contributed by atoms with Gasteiger partial charge in [0, 0.05) is 43.7 Å². The summed E-state index contributed by atoms with van der Waals surface area (Å²) in [4.78, 5) is 30.5. The van der Waals surface area contributed by atoms with Crippen LogP contribution in [0.3, 0.4) is 0 Å². The molecule has 1 aromatic carbocycles. The standard InChI is InChI=1S/C18H24BrFN4O3/c19-14-1-2-16(15(20)11-14)21-17(25)12-22-3-5-24(6-4-22)18(26)13-23-7-9-27-10-8-23/h1-2,11H,3-10,12-13H2,(H,21,25). The van der Waals surface area contributed by atoms with Crippen LogP contribution >= 0.6 is 15.9 Å². The number of benzene rings is 1. The van der Waals surface area contributed by atoms with Gasteiger partial charge in [-0.05, 0) is 18.2 Å². The zero-order valence-electron chi connectivity index (χ0n) is 15.1. The second-order valence-corrected chi connectivity index (χ2v) is 7.63. The number of morpholine rings is 1. The number of amides is 2. The molecule has 27 heavy (non-hydrogen) atoms. The second kappa shape index (κ2) is 9.59. The van der Waals surface area contributed by atoms with Crippen molar-refractivity contribution >= 4 is 33.4 Å². The minimum atomic E-state index is -0.476. The van der Waals surface area contributed by atoms with Gasteiger partial charge in [-0.2, -0.15) is 0 Å². The van der Waals surface area contributed by atoms with E-state index in [1.165, 1.54) is 12.1 Å². The van der Waals surface area contributed by atoms with Crippen molar-refractivity contribution in [2.75, 3.05) is 70.9 Å². The van der Waals surface area contributed by atoms with Crippen molar-refractivity contribution in [3.63, 3.8) is 0 Å². The minimum absolute atomic E-state index is 0.123. The van der Waals surface area contributed by atoms with Crippen LogP contribution in [0.4, 0.5) is 10.1 Å². The number of piperazine rings is 1. The monoisotopic (exact) mass is 442 g/mol. The molecule has 0 saturated carbocycles. The van der Waals surface area contributed by atoms with Gasteiger partial charge in [-0.3, -0.25) is 19.4 Å². The van der Waals surface area contributed by atoms with Crippen molar-refractivity contribution in [3.05, 3.63) is 28.5 Å². The lowest BCUT2D eigenvalue weighted by Gasteiger charge is -2.36. The third kappa shape index (κ3) is 5.97. The zero-order valence-corrected chi connectivity index (χ0v) is 16.7. The number of nitrogens with zero attached hydrogens (tertiary/aromatic N) is 3. The molecule has 0 aliphatic carbocycles. The molecule has 0 bridgehead atoms. The fourth-order valence-corrected chi connectivity index (χ4v) is 3.52. The van der Waals surface area contributed by atoms with E-state index >= 15 is 0 Å². The molecule has 9 heteroatoms. The Bertz CT molecular complexity index is 677. The first kappa shape index (κ1) is 20.2. The molecule has 2 saturated heterocycles. The van der Waals surface area contributed by atoms with Gasteiger partial charge in [0.15, 0.2) is 0 Å². The second-order valence-electron chi connectivity index (χ2n) is 6.72. The Morgan fingerprint density at radius 1 is 1.04 bits per heavy atom. The molecular formula is C18H24BrFN4O3.